The molecule has 0 radical (unpaired) electrons. The molecular weight excluding hydrogens is 398 g/mol. The molecule has 5 rings (SSSR count). The molecule has 0 spiro atoms. The third kappa shape index (κ3) is 2.78. The number of imidazole rings is 1. The van der Waals surface area contributed by atoms with Crippen molar-refractivity contribution in [3.8, 4) is 11.8 Å². The maximum atomic E-state index is 12.4. The van der Waals surface area contributed by atoms with Crippen LogP contribution in [0.3, 0.4) is 0 Å². The first kappa shape index (κ1) is 19.4. The van der Waals surface area contributed by atoms with Crippen molar-refractivity contribution in [3.05, 3.63) is 42.2 Å². The van der Waals surface area contributed by atoms with Gasteiger partial charge < -0.3 is 25.4 Å². The number of carbonyl (C=O) groups excluding carboxylic acids is 1. The molecule has 2 aliphatic rings. The van der Waals surface area contributed by atoms with Gasteiger partial charge in [-0.05, 0) is 30.4 Å². The summed E-state index contributed by atoms with van der Waals surface area (Å²) in [5.41, 5.74) is 0.607. The van der Waals surface area contributed by atoms with E-state index in [2.05, 4.69) is 42.4 Å². The van der Waals surface area contributed by atoms with Crippen molar-refractivity contribution < 1.29 is 15.0 Å². The van der Waals surface area contributed by atoms with Crippen LogP contribution in [0.1, 0.15) is 24.0 Å². The second-order valence-corrected chi connectivity index (χ2v) is 7.79. The van der Waals surface area contributed by atoms with Crippen molar-refractivity contribution in [2.45, 2.75) is 24.7 Å². The number of fused-ring (bicyclic) bond motifs is 2. The van der Waals surface area contributed by atoms with Crippen LogP contribution in [-0.4, -0.2) is 66.9 Å². The lowest BCUT2D eigenvalue weighted by Crippen LogP contribution is -2.41. The van der Waals surface area contributed by atoms with Gasteiger partial charge in [-0.15, -0.1) is 0 Å². The minimum atomic E-state index is -1.16. The Labute approximate surface area is 177 Å². The maximum absolute atomic E-state index is 12.4. The lowest BCUT2D eigenvalue weighted by atomic mass is 9.98. The van der Waals surface area contributed by atoms with Gasteiger partial charge in [0.05, 0.1) is 23.9 Å². The number of hydrogen-bond donors (Lipinski definition) is 4. The standard InChI is InChI=1S/C21H21N7O3/c1-22-18-14-19(27-13(26-18)7-6-11-5-3-4-8-24-11)28(10-25-14)15-12-9-21(12,20(31)23-2)17(30)16(15)29/h3-5,8,10,12,15-17,29-30H,9H2,1-2H3,(H,23,31)(H,22,26,27)/t12?,15-,16+,17?,21-/m1/s1. The molecule has 0 aliphatic heterocycles. The topological polar surface area (TPSA) is 138 Å². The van der Waals surface area contributed by atoms with Gasteiger partial charge in [0, 0.05) is 26.2 Å². The molecule has 2 fully saturated rings. The van der Waals surface area contributed by atoms with Gasteiger partial charge in [0.2, 0.25) is 11.7 Å². The largest absolute Gasteiger partial charge is 0.389 e. The summed E-state index contributed by atoms with van der Waals surface area (Å²) in [6.45, 7) is 0. The molecule has 5 atom stereocenters. The molecule has 2 aliphatic carbocycles. The summed E-state index contributed by atoms with van der Waals surface area (Å²) in [7, 11) is 3.26. The Hall–Kier alpha value is -3.55. The molecule has 3 heterocycles. The molecule has 0 aromatic carbocycles. The first-order valence-corrected chi connectivity index (χ1v) is 9.95. The SMILES string of the molecule is CNC(=O)[C@]12CC1[C@@H](n1cnc3c(NC)nc(C#Cc4ccccn4)nc31)[C@H](O)C2O. The summed E-state index contributed by atoms with van der Waals surface area (Å²) in [6.07, 6.45) is 1.43. The third-order valence-corrected chi connectivity index (χ3v) is 6.27. The molecule has 1 amide bonds. The highest BCUT2D eigenvalue weighted by Gasteiger charge is 2.75. The maximum Gasteiger partial charge on any atom is 0.229 e. The van der Waals surface area contributed by atoms with E-state index in [1.807, 2.05) is 12.1 Å². The Morgan fingerprint density at radius 1 is 1.23 bits per heavy atom. The number of nitrogens with one attached hydrogen (secondary N) is 2. The van der Waals surface area contributed by atoms with Crippen LogP contribution in [0, 0.1) is 23.2 Å². The zero-order chi connectivity index (χ0) is 21.8. The third-order valence-electron chi connectivity index (χ3n) is 6.27. The second kappa shape index (κ2) is 7.01. The Morgan fingerprint density at radius 2 is 2.06 bits per heavy atom. The van der Waals surface area contributed by atoms with E-state index in [1.54, 1.807) is 30.2 Å². The molecule has 3 aromatic heterocycles. The molecule has 2 saturated carbocycles. The number of amides is 1. The number of rotatable bonds is 3. The summed E-state index contributed by atoms with van der Waals surface area (Å²) >= 11 is 0. The fourth-order valence-electron chi connectivity index (χ4n) is 4.71. The van der Waals surface area contributed by atoms with E-state index in [4.69, 9.17) is 0 Å². The lowest BCUT2D eigenvalue weighted by molar-refractivity contribution is -0.132. The molecule has 2 unspecified atom stereocenters. The van der Waals surface area contributed by atoms with Gasteiger partial charge in [0.25, 0.3) is 0 Å². The van der Waals surface area contributed by atoms with Crippen LogP contribution >= 0.6 is 0 Å². The normalized spacial score (nSPS) is 28.5. The molecule has 0 saturated heterocycles. The number of aliphatic hydroxyl groups is 2. The van der Waals surface area contributed by atoms with Gasteiger partial charge in [0.1, 0.15) is 11.8 Å². The van der Waals surface area contributed by atoms with Crippen LogP contribution in [0.25, 0.3) is 11.2 Å². The van der Waals surface area contributed by atoms with E-state index in [0.29, 0.717) is 29.1 Å². The molecule has 0 bridgehead atoms. The van der Waals surface area contributed by atoms with Crippen LogP contribution in [0.15, 0.2) is 30.7 Å². The number of pyridine rings is 1. The zero-order valence-electron chi connectivity index (χ0n) is 16.9. The smallest absolute Gasteiger partial charge is 0.229 e. The van der Waals surface area contributed by atoms with Crippen LogP contribution < -0.4 is 10.6 Å². The predicted molar refractivity (Wildman–Crippen MR) is 111 cm³/mol. The van der Waals surface area contributed by atoms with Crippen molar-refractivity contribution in [1.29, 1.82) is 0 Å². The zero-order valence-corrected chi connectivity index (χ0v) is 16.9. The first-order valence-electron chi connectivity index (χ1n) is 9.95. The summed E-state index contributed by atoms with van der Waals surface area (Å²) in [5.74, 6) is 6.14. The molecule has 10 heteroatoms. The van der Waals surface area contributed by atoms with Gasteiger partial charge in [0.15, 0.2) is 17.0 Å². The van der Waals surface area contributed by atoms with Gasteiger partial charge in [-0.2, -0.15) is 0 Å². The fourth-order valence-corrected chi connectivity index (χ4v) is 4.71. The van der Waals surface area contributed by atoms with Crippen LogP contribution in [0.5, 0.6) is 0 Å². The Morgan fingerprint density at radius 3 is 2.77 bits per heavy atom. The number of aliphatic hydroxyl groups excluding tert-OH is 2. The Balaban J connectivity index is 1.58. The Bertz CT molecular complexity index is 1230. The lowest BCUT2D eigenvalue weighted by Gasteiger charge is -2.23. The van der Waals surface area contributed by atoms with E-state index in [-0.39, 0.29) is 17.6 Å². The summed E-state index contributed by atoms with van der Waals surface area (Å²) in [4.78, 5) is 30.0. The average Bonchev–Trinajstić information content (AvgIpc) is 3.34. The van der Waals surface area contributed by atoms with E-state index >= 15 is 0 Å². The van der Waals surface area contributed by atoms with E-state index in [0.717, 1.165) is 0 Å². The van der Waals surface area contributed by atoms with Crippen molar-refractivity contribution in [2.75, 3.05) is 19.4 Å². The molecular formula is C21H21N7O3. The van der Waals surface area contributed by atoms with Crippen molar-refractivity contribution in [3.63, 3.8) is 0 Å². The van der Waals surface area contributed by atoms with Gasteiger partial charge in [-0.1, -0.05) is 6.07 Å². The monoisotopic (exact) mass is 419 g/mol. The minimum Gasteiger partial charge on any atom is -0.389 e. The van der Waals surface area contributed by atoms with Crippen LogP contribution in [0.2, 0.25) is 0 Å². The molecule has 4 N–H and O–H groups in total. The fraction of sp³-hybridized carbons (Fsp3) is 0.381. The highest BCUT2D eigenvalue weighted by Crippen LogP contribution is 2.67. The summed E-state index contributed by atoms with van der Waals surface area (Å²) < 4.78 is 1.72. The Kier molecular flexibility index (Phi) is 4.39. The number of anilines is 1. The number of hydrogen-bond acceptors (Lipinski definition) is 8. The predicted octanol–water partition coefficient (Wildman–Crippen LogP) is -0.308. The van der Waals surface area contributed by atoms with Gasteiger partial charge in [-0.3, -0.25) is 4.79 Å². The molecule has 158 valence electrons. The van der Waals surface area contributed by atoms with Crippen molar-refractivity contribution in [2.24, 2.45) is 11.3 Å². The van der Waals surface area contributed by atoms with Gasteiger partial charge >= 0.3 is 0 Å². The minimum absolute atomic E-state index is 0.217. The van der Waals surface area contributed by atoms with Crippen molar-refractivity contribution in [1.82, 2.24) is 29.8 Å². The molecule has 10 nitrogen and oxygen atoms in total. The molecule has 3 aromatic rings. The van der Waals surface area contributed by atoms with Crippen LogP contribution in [0.4, 0.5) is 5.82 Å². The average molecular weight is 419 g/mol. The number of aromatic nitrogens is 5. The van der Waals surface area contributed by atoms with E-state index in [9.17, 15) is 15.0 Å². The van der Waals surface area contributed by atoms with E-state index < -0.39 is 23.7 Å². The van der Waals surface area contributed by atoms with Gasteiger partial charge in [-0.25, -0.2) is 19.9 Å². The highest BCUT2D eigenvalue weighted by atomic mass is 16.3. The highest BCUT2D eigenvalue weighted by molar-refractivity contribution is 5.88. The van der Waals surface area contributed by atoms with E-state index in [1.165, 1.54) is 7.05 Å². The number of nitrogens with zero attached hydrogens (tertiary/aromatic N) is 5. The van der Waals surface area contributed by atoms with Crippen molar-refractivity contribution >= 4 is 22.9 Å². The molecule has 31 heavy (non-hydrogen) atoms. The second-order valence-electron chi connectivity index (χ2n) is 7.79. The quantitative estimate of drug-likeness (QED) is 0.424. The van der Waals surface area contributed by atoms with Crippen LogP contribution in [-0.2, 0) is 4.79 Å². The first-order chi connectivity index (χ1) is 15.0. The summed E-state index contributed by atoms with van der Waals surface area (Å²) in [6, 6.07) is 4.91. The summed E-state index contributed by atoms with van der Waals surface area (Å²) in [5, 5.41) is 27.0. The number of carbonyl (C=O) groups is 1.